The fourth-order valence-corrected chi connectivity index (χ4v) is 6.21. The quantitative estimate of drug-likeness (QED) is 0.308. The molecule has 1 aliphatic rings. The van der Waals surface area contributed by atoms with Crippen molar-refractivity contribution in [1.82, 2.24) is 10.6 Å². The number of amides is 2. The number of carbonyl (C=O) groups excluding carboxylic acids is 1. The predicted molar refractivity (Wildman–Crippen MR) is 137 cm³/mol. The van der Waals surface area contributed by atoms with Gasteiger partial charge in [-0.2, -0.15) is 0 Å². The van der Waals surface area contributed by atoms with Gasteiger partial charge in [-0.05, 0) is 67.1 Å². The van der Waals surface area contributed by atoms with Crippen molar-refractivity contribution in [3.8, 4) is 5.75 Å². The lowest BCUT2D eigenvalue weighted by Gasteiger charge is -2.18. The van der Waals surface area contributed by atoms with E-state index in [0.717, 1.165) is 55.5 Å². The summed E-state index contributed by atoms with van der Waals surface area (Å²) < 4.78 is 83.5. The summed E-state index contributed by atoms with van der Waals surface area (Å²) in [4.78, 5) is 11.2. The molecule has 2 N–H and O–H groups in total. The molecular formula is C28H28F4N2O4S. The van der Waals surface area contributed by atoms with Crippen molar-refractivity contribution in [2.75, 3.05) is 0 Å². The van der Waals surface area contributed by atoms with E-state index in [1.54, 1.807) is 24.3 Å². The van der Waals surface area contributed by atoms with Gasteiger partial charge in [-0.15, -0.1) is 13.2 Å². The average molecular weight is 565 g/mol. The molecule has 0 heterocycles. The van der Waals surface area contributed by atoms with Crippen LogP contribution in [-0.4, -0.2) is 26.9 Å². The van der Waals surface area contributed by atoms with Gasteiger partial charge in [0.25, 0.3) is 0 Å². The minimum Gasteiger partial charge on any atom is -0.406 e. The van der Waals surface area contributed by atoms with E-state index in [2.05, 4.69) is 15.4 Å². The molecule has 1 saturated carbocycles. The molecule has 1 fully saturated rings. The van der Waals surface area contributed by atoms with Gasteiger partial charge in [0, 0.05) is 6.04 Å². The fraction of sp³-hybridized carbons (Fsp3) is 0.321. The Hall–Kier alpha value is -3.60. The van der Waals surface area contributed by atoms with E-state index >= 15 is 0 Å². The van der Waals surface area contributed by atoms with Crippen molar-refractivity contribution in [3.05, 3.63) is 89.2 Å². The van der Waals surface area contributed by atoms with Crippen molar-refractivity contribution >= 4 is 15.9 Å². The lowest BCUT2D eigenvalue weighted by Crippen LogP contribution is -2.41. The van der Waals surface area contributed by atoms with Crippen molar-refractivity contribution in [3.63, 3.8) is 0 Å². The van der Waals surface area contributed by atoms with E-state index in [0.29, 0.717) is 5.56 Å². The second kappa shape index (κ2) is 11.6. The third-order valence-corrected chi connectivity index (χ3v) is 8.47. The van der Waals surface area contributed by atoms with Crippen LogP contribution in [-0.2, 0) is 16.3 Å². The van der Waals surface area contributed by atoms with E-state index in [1.165, 1.54) is 18.2 Å². The summed E-state index contributed by atoms with van der Waals surface area (Å²) in [7, 11) is -4.52. The molecule has 3 aromatic rings. The summed E-state index contributed by atoms with van der Waals surface area (Å²) in [6, 6.07) is 14.3. The zero-order chi connectivity index (χ0) is 28.2. The molecule has 1 atom stereocenters. The van der Waals surface area contributed by atoms with Gasteiger partial charge in [-0.25, -0.2) is 17.6 Å². The highest BCUT2D eigenvalue weighted by Gasteiger charge is 2.33. The first-order valence-electron chi connectivity index (χ1n) is 12.5. The number of alkyl halides is 3. The third-order valence-electron chi connectivity index (χ3n) is 6.60. The average Bonchev–Trinajstić information content (AvgIpc) is 3.37. The number of hydrogen-bond donors (Lipinski definition) is 2. The maximum absolute atomic E-state index is 14.4. The first-order valence-corrected chi connectivity index (χ1v) is 13.9. The highest BCUT2D eigenvalue weighted by atomic mass is 32.2. The minimum atomic E-state index is -5.03. The first-order chi connectivity index (χ1) is 18.4. The van der Waals surface area contributed by atoms with Gasteiger partial charge in [0.1, 0.15) is 16.5 Å². The van der Waals surface area contributed by atoms with Gasteiger partial charge in [-0.1, -0.05) is 55.3 Å². The van der Waals surface area contributed by atoms with Crippen LogP contribution in [0.4, 0.5) is 22.4 Å². The van der Waals surface area contributed by atoms with Gasteiger partial charge >= 0.3 is 12.4 Å². The summed E-state index contributed by atoms with van der Waals surface area (Å²) in [5.74, 6) is -1.75. The maximum atomic E-state index is 14.4. The topological polar surface area (TPSA) is 84.5 Å². The van der Waals surface area contributed by atoms with E-state index < -0.39 is 37.6 Å². The second-order valence-electron chi connectivity index (χ2n) is 9.49. The van der Waals surface area contributed by atoms with Crippen molar-refractivity contribution < 1.29 is 35.5 Å². The molecule has 0 bridgehead atoms. The zero-order valence-electron chi connectivity index (χ0n) is 21.1. The van der Waals surface area contributed by atoms with E-state index in [1.807, 2.05) is 6.92 Å². The lowest BCUT2D eigenvalue weighted by atomic mass is 10.0. The molecular weight excluding hydrogens is 536 g/mol. The van der Waals surface area contributed by atoms with Crippen LogP contribution in [0.5, 0.6) is 5.75 Å². The van der Waals surface area contributed by atoms with Crippen molar-refractivity contribution in [1.29, 1.82) is 0 Å². The Morgan fingerprint density at radius 1 is 1.00 bits per heavy atom. The Morgan fingerprint density at radius 3 is 2.31 bits per heavy atom. The molecule has 0 aromatic heterocycles. The number of hydrogen-bond acceptors (Lipinski definition) is 4. The van der Waals surface area contributed by atoms with Crippen molar-refractivity contribution in [2.24, 2.45) is 0 Å². The number of ether oxygens (including phenoxy) is 1. The predicted octanol–water partition coefficient (Wildman–Crippen LogP) is 6.45. The summed E-state index contributed by atoms with van der Waals surface area (Å²) in [6.07, 6.45) is -0.857. The monoisotopic (exact) mass is 564 g/mol. The Labute approximate surface area is 224 Å². The van der Waals surface area contributed by atoms with Gasteiger partial charge in [0.2, 0.25) is 9.84 Å². The number of urea groups is 1. The van der Waals surface area contributed by atoms with Crippen molar-refractivity contribution in [2.45, 2.75) is 67.3 Å². The van der Waals surface area contributed by atoms with Crippen LogP contribution in [0.1, 0.15) is 55.3 Å². The molecule has 1 aliphatic carbocycles. The van der Waals surface area contributed by atoms with Crippen LogP contribution in [0, 0.1) is 5.82 Å². The van der Waals surface area contributed by atoms with E-state index in [-0.39, 0.29) is 30.1 Å². The largest absolute Gasteiger partial charge is 0.573 e. The first kappa shape index (κ1) is 28.4. The number of nitrogens with one attached hydrogen (secondary N) is 2. The zero-order valence-corrected chi connectivity index (χ0v) is 21.9. The normalized spacial score (nSPS) is 15.1. The molecule has 2 amide bonds. The minimum absolute atomic E-state index is 0.0412. The van der Waals surface area contributed by atoms with E-state index in [4.69, 9.17) is 0 Å². The van der Waals surface area contributed by atoms with Gasteiger partial charge in [0.05, 0.1) is 10.9 Å². The van der Waals surface area contributed by atoms with Crippen LogP contribution >= 0.6 is 0 Å². The third kappa shape index (κ3) is 7.29. The summed E-state index contributed by atoms with van der Waals surface area (Å²) in [5, 5.41) is 5.86. The summed E-state index contributed by atoms with van der Waals surface area (Å²) in [5.41, 5.74) is 1.65. The number of benzene rings is 3. The second-order valence-corrected chi connectivity index (χ2v) is 11.4. The van der Waals surface area contributed by atoms with Crippen LogP contribution in [0.15, 0.2) is 76.5 Å². The van der Waals surface area contributed by atoms with Crippen LogP contribution in [0.3, 0.4) is 0 Å². The van der Waals surface area contributed by atoms with Crippen LogP contribution in [0.2, 0.25) is 0 Å². The van der Waals surface area contributed by atoms with Gasteiger partial charge in [-0.3, -0.25) is 0 Å². The molecule has 3 aromatic carbocycles. The molecule has 4 rings (SSSR count). The SMILES string of the molecule is C[C@H](NC(=O)NC1CCCC1)c1ccc(Cc2ccc(OC(F)(F)F)cc2S(=O)(=O)c2ccccc2F)cc1. The maximum Gasteiger partial charge on any atom is 0.573 e. The van der Waals surface area contributed by atoms with E-state index in [9.17, 15) is 30.8 Å². The molecule has 11 heteroatoms. The molecule has 39 heavy (non-hydrogen) atoms. The number of sulfone groups is 1. The Kier molecular flexibility index (Phi) is 8.48. The number of rotatable bonds is 8. The molecule has 0 radical (unpaired) electrons. The summed E-state index contributed by atoms with van der Waals surface area (Å²) >= 11 is 0. The molecule has 6 nitrogen and oxygen atoms in total. The number of halogens is 4. The van der Waals surface area contributed by atoms with Gasteiger partial charge < -0.3 is 15.4 Å². The molecule has 0 saturated heterocycles. The number of carbonyl (C=O) groups is 1. The molecule has 0 unspecified atom stereocenters. The van der Waals surface area contributed by atoms with Crippen LogP contribution in [0.25, 0.3) is 0 Å². The molecule has 0 spiro atoms. The Morgan fingerprint density at radius 2 is 1.67 bits per heavy atom. The lowest BCUT2D eigenvalue weighted by molar-refractivity contribution is -0.274. The molecule has 208 valence electrons. The highest BCUT2D eigenvalue weighted by Crippen LogP contribution is 2.33. The Bertz CT molecular complexity index is 1420. The fourth-order valence-electron chi connectivity index (χ4n) is 4.63. The van der Waals surface area contributed by atoms with Crippen LogP contribution < -0.4 is 15.4 Å². The standard InChI is InChI=1S/C28H28F4N2O4S/c1-18(33-27(35)34-22-6-2-3-7-22)20-12-10-19(11-13-20)16-21-14-15-23(38-28(30,31)32)17-26(21)39(36,37)25-9-5-4-8-24(25)29/h4-5,8-15,17-18,22H,2-3,6-7,16H2,1H3,(H2,33,34,35)/t18-/m0/s1. The Balaban J connectivity index is 1.56. The highest BCUT2D eigenvalue weighted by molar-refractivity contribution is 7.91. The summed E-state index contributed by atoms with van der Waals surface area (Å²) in [6.45, 7) is 1.84. The molecule has 0 aliphatic heterocycles. The smallest absolute Gasteiger partial charge is 0.406 e. The van der Waals surface area contributed by atoms with Gasteiger partial charge in [0.15, 0.2) is 0 Å².